The molecule has 0 spiro atoms. The number of para-hydroxylation sites is 1. The monoisotopic (exact) mass is 841 g/mol. The first kappa shape index (κ1) is 42.6. The topological polar surface area (TPSA) is 205 Å². The number of benzene rings is 4. The van der Waals surface area contributed by atoms with Gasteiger partial charge in [-0.3, -0.25) is 48.8 Å². The maximum absolute atomic E-state index is 15.6. The van der Waals surface area contributed by atoms with Crippen LogP contribution in [0.4, 0.5) is 21.5 Å². The van der Waals surface area contributed by atoms with Crippen LogP contribution in [0, 0.1) is 5.82 Å². The molecule has 15 nitrogen and oxygen atoms in total. The molecule has 318 valence electrons. The van der Waals surface area contributed by atoms with Gasteiger partial charge < -0.3 is 26.0 Å². The number of piperidine rings is 1. The molecule has 0 saturated carbocycles. The van der Waals surface area contributed by atoms with Crippen molar-refractivity contribution in [1.82, 2.24) is 25.8 Å². The average Bonchev–Trinajstić information content (AvgIpc) is 3.53. The van der Waals surface area contributed by atoms with Crippen molar-refractivity contribution in [3.8, 4) is 16.9 Å². The van der Waals surface area contributed by atoms with E-state index in [1.807, 2.05) is 30.3 Å². The summed E-state index contributed by atoms with van der Waals surface area (Å²) in [6.45, 7) is 1.90. The molecule has 6 amide bonds. The van der Waals surface area contributed by atoms with E-state index < -0.39 is 47.4 Å². The van der Waals surface area contributed by atoms with E-state index in [0.717, 1.165) is 10.6 Å². The number of ether oxygens (including phenoxy) is 1. The van der Waals surface area contributed by atoms with E-state index in [-0.39, 0.29) is 59.9 Å². The highest BCUT2D eigenvalue weighted by atomic mass is 19.1. The summed E-state index contributed by atoms with van der Waals surface area (Å²) in [5, 5.41) is 14.5. The van der Waals surface area contributed by atoms with Crippen LogP contribution in [0.15, 0.2) is 85.1 Å². The number of methoxy groups -OCH3 is 1. The number of hydrogen-bond acceptors (Lipinski definition) is 11. The SMILES string of the molecule is CNC(=O)c1cnc2cc(OC)c(-c3ccc(C(=O)NCCCCCC(=O)C(C)Nc4cccc5c4C(=O)N(C4CCC(=O)NC4=O)C5=O)c(F)c3)cc2c1Nc1ccccc1. The summed E-state index contributed by atoms with van der Waals surface area (Å²) in [6, 6.07) is 19.9. The molecule has 0 aliphatic carbocycles. The Bertz CT molecular complexity index is 2640. The number of unbranched alkanes of at least 4 members (excludes halogenated alkanes) is 2. The van der Waals surface area contributed by atoms with Crippen LogP contribution in [0.5, 0.6) is 5.75 Å². The molecule has 2 aliphatic rings. The fourth-order valence-corrected chi connectivity index (χ4v) is 7.65. The highest BCUT2D eigenvalue weighted by Crippen LogP contribution is 2.39. The number of rotatable bonds is 16. The van der Waals surface area contributed by atoms with Gasteiger partial charge in [0.25, 0.3) is 23.6 Å². The first-order chi connectivity index (χ1) is 29.9. The van der Waals surface area contributed by atoms with E-state index in [0.29, 0.717) is 58.3 Å². The average molecular weight is 842 g/mol. The Balaban J connectivity index is 0.935. The molecule has 16 heteroatoms. The first-order valence-electron chi connectivity index (χ1n) is 20.2. The Kier molecular flexibility index (Phi) is 12.7. The lowest BCUT2D eigenvalue weighted by molar-refractivity contribution is -0.136. The molecule has 7 rings (SSSR count). The molecule has 62 heavy (non-hydrogen) atoms. The number of fused-ring (bicyclic) bond motifs is 2. The summed E-state index contributed by atoms with van der Waals surface area (Å²) in [6.07, 6.45) is 3.34. The Hall–Kier alpha value is -7.49. The second kappa shape index (κ2) is 18.4. The quantitative estimate of drug-likeness (QED) is 0.0583. The van der Waals surface area contributed by atoms with Gasteiger partial charge in [0, 0.05) is 61.0 Å². The summed E-state index contributed by atoms with van der Waals surface area (Å²) in [5.41, 5.74) is 3.37. The Labute approximate surface area is 355 Å². The molecule has 2 aliphatic heterocycles. The minimum absolute atomic E-state index is 0.00239. The van der Waals surface area contributed by atoms with E-state index >= 15 is 4.39 Å². The van der Waals surface area contributed by atoms with Gasteiger partial charge in [-0.2, -0.15) is 0 Å². The van der Waals surface area contributed by atoms with Crippen LogP contribution in [0.1, 0.15) is 86.9 Å². The fourth-order valence-electron chi connectivity index (χ4n) is 7.65. The smallest absolute Gasteiger partial charge is 0.264 e. The van der Waals surface area contributed by atoms with Crippen molar-refractivity contribution >= 4 is 69.2 Å². The summed E-state index contributed by atoms with van der Waals surface area (Å²) in [5.74, 6) is -3.89. The van der Waals surface area contributed by atoms with Crippen LogP contribution in [-0.4, -0.2) is 83.9 Å². The van der Waals surface area contributed by atoms with Crippen molar-refractivity contribution in [2.24, 2.45) is 0 Å². The van der Waals surface area contributed by atoms with Gasteiger partial charge in [0.15, 0.2) is 5.78 Å². The molecule has 5 aromatic rings. The number of nitrogens with one attached hydrogen (secondary N) is 5. The van der Waals surface area contributed by atoms with Crippen LogP contribution in [0.25, 0.3) is 22.0 Å². The number of Topliss-reactive ketones (excluding diaryl/α,β-unsaturated/α-hetero) is 1. The zero-order chi connectivity index (χ0) is 44.1. The van der Waals surface area contributed by atoms with Crippen LogP contribution in [0.3, 0.4) is 0 Å². The van der Waals surface area contributed by atoms with Crippen molar-refractivity contribution in [2.75, 3.05) is 31.3 Å². The van der Waals surface area contributed by atoms with Gasteiger partial charge in [0.2, 0.25) is 11.8 Å². The van der Waals surface area contributed by atoms with Gasteiger partial charge in [-0.05, 0) is 74.2 Å². The first-order valence-corrected chi connectivity index (χ1v) is 20.2. The zero-order valence-corrected chi connectivity index (χ0v) is 34.2. The standard InChI is InChI=1S/C46H44FN7O8/c1-25(51-34-14-10-13-29-40(34)46(61)54(45(29)60)36-18-19-39(56)53-44(36)59)37(55)15-8-5-9-20-49-43(58)28-17-16-26(21-33(28)47)30-22-31-35(23-38(30)62-3)50-24-32(42(57)48-2)41(31)52-27-11-6-4-7-12-27/h4,6-7,10-14,16-17,21-25,36,51H,5,8-9,15,18-20H2,1-3H3,(H,48,57)(H,49,58)(H,50,52)(H,53,56,59). The number of halogens is 1. The molecule has 1 aromatic heterocycles. The van der Waals surface area contributed by atoms with Gasteiger partial charge >= 0.3 is 0 Å². The summed E-state index contributed by atoms with van der Waals surface area (Å²) < 4.78 is 21.3. The molecule has 0 bridgehead atoms. The van der Waals surface area contributed by atoms with E-state index in [4.69, 9.17) is 4.74 Å². The number of ketones is 1. The van der Waals surface area contributed by atoms with Gasteiger partial charge in [-0.15, -0.1) is 0 Å². The number of aromatic nitrogens is 1. The van der Waals surface area contributed by atoms with Gasteiger partial charge in [0.05, 0.1) is 46.6 Å². The molecule has 0 radical (unpaired) electrons. The maximum Gasteiger partial charge on any atom is 0.264 e. The van der Waals surface area contributed by atoms with E-state index in [1.54, 1.807) is 37.3 Å². The predicted molar refractivity (Wildman–Crippen MR) is 229 cm³/mol. The van der Waals surface area contributed by atoms with Crippen LogP contribution in [-0.2, 0) is 14.4 Å². The molecule has 1 saturated heterocycles. The minimum atomic E-state index is -1.11. The van der Waals surface area contributed by atoms with Crippen molar-refractivity contribution in [1.29, 1.82) is 0 Å². The second-order valence-corrected chi connectivity index (χ2v) is 15.0. The lowest BCUT2D eigenvalue weighted by Crippen LogP contribution is -2.54. The number of carbonyl (C=O) groups is 7. The number of carbonyl (C=O) groups excluding carboxylic acids is 7. The van der Waals surface area contributed by atoms with E-state index in [9.17, 15) is 33.6 Å². The largest absolute Gasteiger partial charge is 0.496 e. The third kappa shape index (κ3) is 8.71. The summed E-state index contributed by atoms with van der Waals surface area (Å²) >= 11 is 0. The second-order valence-electron chi connectivity index (χ2n) is 15.0. The van der Waals surface area contributed by atoms with E-state index in [2.05, 4.69) is 31.6 Å². The Morgan fingerprint density at radius 3 is 2.42 bits per heavy atom. The number of anilines is 3. The highest BCUT2D eigenvalue weighted by Gasteiger charge is 2.45. The molecule has 1 fully saturated rings. The summed E-state index contributed by atoms with van der Waals surface area (Å²) in [4.78, 5) is 95.0. The van der Waals surface area contributed by atoms with Gasteiger partial charge in [0.1, 0.15) is 17.6 Å². The fraction of sp³-hybridized carbons (Fsp3) is 0.261. The molecule has 2 atom stereocenters. The third-order valence-corrected chi connectivity index (χ3v) is 10.9. The number of imide groups is 2. The van der Waals surface area contributed by atoms with Crippen molar-refractivity contribution in [2.45, 2.75) is 57.5 Å². The number of hydrogen-bond donors (Lipinski definition) is 5. The highest BCUT2D eigenvalue weighted by molar-refractivity contribution is 6.25. The lowest BCUT2D eigenvalue weighted by atomic mass is 9.98. The Morgan fingerprint density at radius 2 is 1.69 bits per heavy atom. The van der Waals surface area contributed by atoms with Crippen molar-refractivity contribution in [3.63, 3.8) is 0 Å². The molecule has 4 aromatic carbocycles. The maximum atomic E-state index is 15.6. The lowest BCUT2D eigenvalue weighted by Gasteiger charge is -2.27. The van der Waals surface area contributed by atoms with Crippen LogP contribution < -0.4 is 31.3 Å². The molecule has 5 N–H and O–H groups in total. The molecular weight excluding hydrogens is 798 g/mol. The van der Waals surface area contributed by atoms with Crippen molar-refractivity contribution < 1.29 is 42.7 Å². The zero-order valence-electron chi connectivity index (χ0n) is 34.2. The number of pyridine rings is 1. The Morgan fingerprint density at radius 1 is 0.903 bits per heavy atom. The van der Waals surface area contributed by atoms with E-state index in [1.165, 1.54) is 38.6 Å². The molecular formula is C46H44FN7O8. The van der Waals surface area contributed by atoms with Crippen LogP contribution in [0.2, 0.25) is 0 Å². The normalized spacial score (nSPS) is 15.2. The third-order valence-electron chi connectivity index (χ3n) is 10.9. The summed E-state index contributed by atoms with van der Waals surface area (Å²) in [7, 11) is 3.02. The number of amides is 6. The predicted octanol–water partition coefficient (Wildman–Crippen LogP) is 5.91. The van der Waals surface area contributed by atoms with Gasteiger partial charge in [-0.1, -0.05) is 36.8 Å². The minimum Gasteiger partial charge on any atom is -0.496 e. The number of nitrogens with zero attached hydrogens (tertiary/aromatic N) is 2. The van der Waals surface area contributed by atoms with Gasteiger partial charge in [-0.25, -0.2) is 4.39 Å². The van der Waals surface area contributed by atoms with Crippen molar-refractivity contribution in [3.05, 3.63) is 113 Å². The van der Waals surface area contributed by atoms with Crippen LogP contribution >= 0.6 is 0 Å². The molecule has 2 unspecified atom stereocenters. The molecule has 3 heterocycles.